The number of aromatic nitrogens is 8. The van der Waals surface area contributed by atoms with E-state index >= 15 is 0 Å². The number of anilines is 2. The first-order valence-electron chi connectivity index (χ1n) is 14.3. The third kappa shape index (κ3) is 8.29. The standard InChI is InChI=1S/C22H31N10O14P3S2/c23-17-11-19(27-3-25-17)31(5-29-11)21-15(35)13(33)9(45-21)1-41-48(39,50)43-7-47(37,38)8-44-49(40,51)42-2-10-14(34)16(36)22(46-10)32-6-30-12-18(24)26-4-28-20(12)32/h3-7,9-10,13-16,21-22,33-38H,1-2,8H2,(H,39,50)(H,40,51)(H2,23,25,27)(H2,24,26,28)/t9-,10?,13-,14-,15-,16-,21?,22-,48?,49?/m1/s1. The molecule has 4 aromatic heterocycles. The lowest BCUT2D eigenvalue weighted by atomic mass is 10.1. The fraction of sp³-hybridized carbons (Fsp3) is 0.500. The van der Waals surface area contributed by atoms with Crippen molar-refractivity contribution in [3.8, 4) is 0 Å². The highest BCUT2D eigenvalue weighted by molar-refractivity contribution is 8.07. The predicted octanol–water partition coefficient (Wildman–Crippen LogP) is -2.88. The van der Waals surface area contributed by atoms with Crippen molar-refractivity contribution in [3.05, 3.63) is 25.3 Å². The van der Waals surface area contributed by atoms with Gasteiger partial charge in [-0.2, -0.15) is 0 Å². The maximum absolute atomic E-state index is 10.6. The summed E-state index contributed by atoms with van der Waals surface area (Å²) in [7, 11) is -4.35. The molecule has 2 aliphatic rings. The van der Waals surface area contributed by atoms with Crippen LogP contribution in [0.4, 0.5) is 11.6 Å². The maximum atomic E-state index is 10.6. The van der Waals surface area contributed by atoms with Gasteiger partial charge in [-0.05, 0) is 23.6 Å². The molecule has 6 rings (SSSR count). The van der Waals surface area contributed by atoms with Gasteiger partial charge in [-0.3, -0.25) is 18.2 Å². The van der Waals surface area contributed by atoms with Gasteiger partial charge in [-0.15, -0.1) is 0 Å². The largest absolute Gasteiger partial charge is 0.387 e. The molecule has 12 N–H and O–H groups in total. The van der Waals surface area contributed by atoms with Gasteiger partial charge in [-0.1, -0.05) is 0 Å². The average Bonchev–Trinajstić information content (AvgIpc) is 3.84. The zero-order chi connectivity index (χ0) is 36.9. The topological polar surface area (TPSA) is 356 Å². The smallest absolute Gasteiger partial charge is 0.329 e. The summed E-state index contributed by atoms with van der Waals surface area (Å²) in [6.07, 6.45) is -7.01. The van der Waals surface area contributed by atoms with Crippen molar-refractivity contribution in [3.63, 3.8) is 0 Å². The van der Waals surface area contributed by atoms with E-state index in [1.165, 1.54) is 34.4 Å². The Balaban J connectivity index is 0.991. The molecular weight excluding hydrogens is 785 g/mol. The molecule has 4 aromatic rings. The lowest BCUT2D eigenvalue weighted by molar-refractivity contribution is -0.0491. The van der Waals surface area contributed by atoms with Gasteiger partial charge in [0.1, 0.15) is 66.7 Å². The van der Waals surface area contributed by atoms with Gasteiger partial charge in [0.2, 0.25) is 0 Å². The van der Waals surface area contributed by atoms with Crippen LogP contribution in [0.1, 0.15) is 12.5 Å². The number of nitrogens with zero attached hydrogens (tertiary/aromatic N) is 8. The summed E-state index contributed by atoms with van der Waals surface area (Å²) in [5.74, 6) is 0.537. The van der Waals surface area contributed by atoms with Crippen LogP contribution in [0.5, 0.6) is 0 Å². The molecule has 0 radical (unpaired) electrons. The highest BCUT2D eigenvalue weighted by Gasteiger charge is 2.46. The van der Waals surface area contributed by atoms with Crippen molar-refractivity contribution < 1.29 is 67.6 Å². The number of rotatable bonds is 13. The fourth-order valence-corrected chi connectivity index (χ4v) is 9.38. The first-order valence-corrected chi connectivity index (χ1v) is 21.4. The minimum absolute atomic E-state index is 0.0849. The first-order chi connectivity index (χ1) is 24.0. The van der Waals surface area contributed by atoms with Crippen LogP contribution >= 0.6 is 20.8 Å². The molecular formula is C22H31N10O14P3S2. The van der Waals surface area contributed by atoms with E-state index in [0.717, 1.165) is 0 Å². The summed E-state index contributed by atoms with van der Waals surface area (Å²) in [6.45, 7) is -9.68. The molecule has 29 heteroatoms. The zero-order valence-electron chi connectivity index (χ0n) is 25.5. The third-order valence-corrected chi connectivity index (χ3v) is 11.9. The van der Waals surface area contributed by atoms with Gasteiger partial charge in [0.15, 0.2) is 42.7 Å². The lowest BCUT2D eigenvalue weighted by Crippen LogP contribution is -2.33. The van der Waals surface area contributed by atoms with Crippen LogP contribution in [-0.4, -0.2) is 141 Å². The third-order valence-electron chi connectivity index (χ3n) is 7.56. The predicted molar refractivity (Wildman–Crippen MR) is 181 cm³/mol. The zero-order valence-corrected chi connectivity index (χ0v) is 29.9. The van der Waals surface area contributed by atoms with E-state index in [0.29, 0.717) is 5.98 Å². The summed E-state index contributed by atoms with van der Waals surface area (Å²) in [5.41, 5.74) is 12.5. The average molecular weight is 817 g/mol. The molecule has 0 saturated carbocycles. The molecule has 2 aliphatic heterocycles. The minimum atomic E-state index is -4.35. The Hall–Kier alpha value is -2.26. The molecule has 0 aliphatic carbocycles. The quantitative estimate of drug-likeness (QED) is 0.0606. The van der Waals surface area contributed by atoms with E-state index in [1.54, 1.807) is 0 Å². The summed E-state index contributed by atoms with van der Waals surface area (Å²) in [5, 5.41) is 42.2. The second-order valence-electron chi connectivity index (χ2n) is 11.0. The Morgan fingerprint density at radius 2 is 1.14 bits per heavy atom. The van der Waals surface area contributed by atoms with Gasteiger partial charge in [0, 0.05) is 0 Å². The normalized spacial score (nSPS) is 29.4. The Bertz CT molecular complexity index is 2050. The van der Waals surface area contributed by atoms with Gasteiger partial charge in [0.05, 0.1) is 31.9 Å². The molecule has 10 atom stereocenters. The van der Waals surface area contributed by atoms with E-state index in [2.05, 4.69) is 29.9 Å². The number of imidazole rings is 2. The SMILES string of the molecule is Nc1ncnc2c1ncn2C1O[C@H](COP(O)(=S)OC=P(O)(O)COP(O)(=S)OCC2O[C@@H](n3cnc4c(N)ncnc43)[C@H](O)[C@@H]2O)[C@@H](O)[C@H]1O. The molecule has 0 amide bonds. The van der Waals surface area contributed by atoms with Crippen molar-refractivity contribution >= 4 is 84.3 Å². The summed E-state index contributed by atoms with van der Waals surface area (Å²) in [4.78, 5) is 65.6. The molecule has 2 saturated heterocycles. The molecule has 0 bridgehead atoms. The van der Waals surface area contributed by atoms with E-state index in [9.17, 15) is 40.0 Å². The van der Waals surface area contributed by atoms with Crippen LogP contribution in [0.15, 0.2) is 25.3 Å². The van der Waals surface area contributed by atoms with Crippen molar-refractivity contribution in [2.45, 2.75) is 49.1 Å². The maximum Gasteiger partial charge on any atom is 0.329 e. The van der Waals surface area contributed by atoms with Crippen molar-refractivity contribution in [1.82, 2.24) is 39.0 Å². The number of fused-ring (bicyclic) bond motifs is 2. The summed E-state index contributed by atoms with van der Waals surface area (Å²) < 4.78 is 34.3. The number of hydrogen-bond donors (Lipinski definition) is 10. The van der Waals surface area contributed by atoms with Crippen LogP contribution in [0.2, 0.25) is 0 Å². The number of aliphatic hydroxyl groups is 4. The van der Waals surface area contributed by atoms with Crippen LogP contribution in [-0.2, 0) is 51.2 Å². The second-order valence-corrected chi connectivity index (χ2v) is 18.7. The fourth-order valence-electron chi connectivity index (χ4n) is 5.03. The Kier molecular flexibility index (Phi) is 11.2. The molecule has 6 heterocycles. The van der Waals surface area contributed by atoms with E-state index < -0.39 is 89.4 Å². The van der Waals surface area contributed by atoms with E-state index in [-0.39, 0.29) is 34.0 Å². The van der Waals surface area contributed by atoms with Crippen LogP contribution < -0.4 is 11.5 Å². The van der Waals surface area contributed by atoms with Gasteiger partial charge in [0.25, 0.3) is 0 Å². The molecule has 0 spiro atoms. The Morgan fingerprint density at radius 1 is 0.686 bits per heavy atom. The highest BCUT2D eigenvalue weighted by Crippen LogP contribution is 2.52. The van der Waals surface area contributed by atoms with Crippen LogP contribution in [0, 0.1) is 0 Å². The molecule has 24 nitrogen and oxygen atoms in total. The molecule has 51 heavy (non-hydrogen) atoms. The van der Waals surface area contributed by atoms with Gasteiger partial charge >= 0.3 is 13.4 Å². The van der Waals surface area contributed by atoms with Gasteiger partial charge in [-0.25, -0.2) is 29.9 Å². The van der Waals surface area contributed by atoms with E-state index in [1.807, 2.05) is 0 Å². The Labute approximate surface area is 295 Å². The molecule has 280 valence electrons. The van der Waals surface area contributed by atoms with Crippen LogP contribution in [0.25, 0.3) is 22.3 Å². The number of ether oxygens (including phenoxy) is 2. The number of nitrogens with two attached hydrogens (primary N) is 2. The summed E-state index contributed by atoms with van der Waals surface area (Å²) in [6, 6.07) is 0. The van der Waals surface area contributed by atoms with Crippen molar-refractivity contribution in [2.75, 3.05) is 31.0 Å². The van der Waals surface area contributed by atoms with E-state index in [4.69, 9.17) is 62.6 Å². The van der Waals surface area contributed by atoms with Crippen LogP contribution in [0.3, 0.4) is 0 Å². The Morgan fingerprint density at radius 3 is 1.61 bits per heavy atom. The van der Waals surface area contributed by atoms with Crippen molar-refractivity contribution in [1.29, 1.82) is 0 Å². The molecule has 2 fully saturated rings. The first kappa shape index (κ1) is 38.5. The lowest BCUT2D eigenvalue weighted by Gasteiger charge is -2.22. The highest BCUT2D eigenvalue weighted by atomic mass is 32.5. The summed E-state index contributed by atoms with van der Waals surface area (Å²) >= 11 is 9.79. The van der Waals surface area contributed by atoms with Gasteiger partial charge < -0.3 is 70.0 Å². The van der Waals surface area contributed by atoms with Crippen molar-refractivity contribution in [2.24, 2.45) is 0 Å². The molecule has 4 unspecified atom stereocenters. The minimum Gasteiger partial charge on any atom is -0.387 e. The monoisotopic (exact) mass is 816 g/mol. The number of aliphatic hydroxyl groups excluding tert-OH is 4. The second kappa shape index (κ2) is 14.9. The number of hydrogen-bond acceptors (Lipinski definition) is 22. The molecule has 0 aromatic carbocycles. The number of nitrogen functional groups attached to an aromatic ring is 2.